The summed E-state index contributed by atoms with van der Waals surface area (Å²) in [5, 5.41) is 2.71. The van der Waals surface area contributed by atoms with Crippen LogP contribution in [0, 0.1) is 5.92 Å². The van der Waals surface area contributed by atoms with Gasteiger partial charge in [0.05, 0.1) is 6.04 Å². The molecule has 1 saturated heterocycles. The second kappa shape index (κ2) is 8.34. The molecule has 0 bridgehead atoms. The van der Waals surface area contributed by atoms with Crippen molar-refractivity contribution in [3.8, 4) is 5.75 Å². The van der Waals surface area contributed by atoms with Gasteiger partial charge in [0.2, 0.25) is 5.91 Å². The van der Waals surface area contributed by atoms with Gasteiger partial charge >= 0.3 is 6.18 Å². The molecule has 5 nitrogen and oxygen atoms in total. The molecule has 1 amide bonds. The van der Waals surface area contributed by atoms with E-state index in [2.05, 4.69) is 10.1 Å². The Kier molecular flexibility index (Phi) is 6.44. The van der Waals surface area contributed by atoms with Crippen LogP contribution < -0.4 is 15.8 Å². The summed E-state index contributed by atoms with van der Waals surface area (Å²) in [6.45, 7) is 0.0326. The highest BCUT2D eigenvalue weighted by atomic mass is 19.4. The standard InChI is InChI=1S/C16H21F3N2O3/c17-16(18,19)10-24-13-3-1-2-11(8-13)9-21-15(22)14(20)12-4-6-23-7-5-12/h1-3,8,12,14H,4-7,9-10,20H2,(H,21,22). The molecule has 1 aromatic rings. The summed E-state index contributed by atoms with van der Waals surface area (Å²) >= 11 is 0. The van der Waals surface area contributed by atoms with Crippen molar-refractivity contribution >= 4 is 5.91 Å². The largest absolute Gasteiger partial charge is 0.484 e. The maximum absolute atomic E-state index is 12.2. The Bertz CT molecular complexity index is 546. The van der Waals surface area contributed by atoms with Gasteiger partial charge in [0.1, 0.15) is 5.75 Å². The highest BCUT2D eigenvalue weighted by molar-refractivity contribution is 5.81. The summed E-state index contributed by atoms with van der Waals surface area (Å²) in [6, 6.07) is 5.56. The number of alkyl halides is 3. The number of carbonyl (C=O) groups excluding carboxylic acids is 1. The fraction of sp³-hybridized carbons (Fsp3) is 0.562. The summed E-state index contributed by atoms with van der Waals surface area (Å²) in [7, 11) is 0. The van der Waals surface area contributed by atoms with Crippen LogP contribution in [-0.2, 0) is 16.1 Å². The smallest absolute Gasteiger partial charge is 0.422 e. The summed E-state index contributed by atoms with van der Waals surface area (Å²) in [4.78, 5) is 12.1. The van der Waals surface area contributed by atoms with E-state index in [1.54, 1.807) is 12.1 Å². The van der Waals surface area contributed by atoms with Gasteiger partial charge in [0, 0.05) is 19.8 Å². The lowest BCUT2D eigenvalue weighted by Crippen LogP contribution is -2.46. The minimum Gasteiger partial charge on any atom is -0.484 e. The van der Waals surface area contributed by atoms with E-state index in [1.807, 2.05) is 0 Å². The van der Waals surface area contributed by atoms with Crippen LogP contribution in [0.5, 0.6) is 5.75 Å². The first-order chi connectivity index (χ1) is 11.3. The van der Waals surface area contributed by atoms with Crippen LogP contribution in [0.2, 0.25) is 0 Å². The Morgan fingerprint density at radius 1 is 1.38 bits per heavy atom. The molecule has 0 aromatic heterocycles. The van der Waals surface area contributed by atoms with Gasteiger partial charge in [-0.1, -0.05) is 12.1 Å². The lowest BCUT2D eigenvalue weighted by Gasteiger charge is -2.26. The first kappa shape index (κ1) is 18.5. The normalized spacial score (nSPS) is 17.3. The Balaban J connectivity index is 1.83. The summed E-state index contributed by atoms with van der Waals surface area (Å²) in [6.07, 6.45) is -2.90. The molecule has 0 spiro atoms. The number of amides is 1. The lowest BCUT2D eigenvalue weighted by molar-refractivity contribution is -0.153. The average Bonchev–Trinajstić information content (AvgIpc) is 2.58. The van der Waals surface area contributed by atoms with Gasteiger partial charge in [-0.05, 0) is 36.5 Å². The van der Waals surface area contributed by atoms with Crippen LogP contribution >= 0.6 is 0 Å². The number of rotatable bonds is 6. The third-order valence-electron chi connectivity index (χ3n) is 3.84. The molecule has 1 aromatic carbocycles. The second-order valence-electron chi connectivity index (χ2n) is 5.74. The fourth-order valence-electron chi connectivity index (χ4n) is 2.51. The van der Waals surface area contributed by atoms with Crippen molar-refractivity contribution in [3.63, 3.8) is 0 Å². The average molecular weight is 346 g/mol. The predicted molar refractivity (Wildman–Crippen MR) is 81.4 cm³/mol. The predicted octanol–water partition coefficient (Wildman–Crippen LogP) is 2.00. The Hall–Kier alpha value is -1.80. The van der Waals surface area contributed by atoms with Crippen molar-refractivity contribution in [1.82, 2.24) is 5.32 Å². The topological polar surface area (TPSA) is 73.6 Å². The van der Waals surface area contributed by atoms with E-state index in [9.17, 15) is 18.0 Å². The zero-order valence-electron chi connectivity index (χ0n) is 13.1. The van der Waals surface area contributed by atoms with Crippen molar-refractivity contribution in [2.45, 2.75) is 31.6 Å². The van der Waals surface area contributed by atoms with Crippen LogP contribution in [0.1, 0.15) is 18.4 Å². The van der Waals surface area contributed by atoms with Gasteiger partial charge in [-0.2, -0.15) is 13.2 Å². The summed E-state index contributed by atoms with van der Waals surface area (Å²) in [5.74, 6) is -0.0866. The van der Waals surface area contributed by atoms with E-state index in [4.69, 9.17) is 10.5 Å². The molecule has 1 aliphatic rings. The van der Waals surface area contributed by atoms with Crippen LogP contribution in [0.4, 0.5) is 13.2 Å². The van der Waals surface area contributed by atoms with Crippen molar-refractivity contribution < 1.29 is 27.4 Å². The van der Waals surface area contributed by atoms with Gasteiger partial charge in [0.15, 0.2) is 6.61 Å². The first-order valence-electron chi connectivity index (χ1n) is 7.75. The molecular weight excluding hydrogens is 325 g/mol. The van der Waals surface area contributed by atoms with Gasteiger partial charge in [-0.15, -0.1) is 0 Å². The van der Waals surface area contributed by atoms with Crippen molar-refractivity contribution in [2.24, 2.45) is 11.7 Å². The number of benzene rings is 1. The number of hydrogen-bond donors (Lipinski definition) is 2. The van der Waals surface area contributed by atoms with Gasteiger partial charge in [-0.25, -0.2) is 0 Å². The second-order valence-corrected chi connectivity index (χ2v) is 5.74. The van der Waals surface area contributed by atoms with Crippen LogP contribution in [-0.4, -0.2) is 37.9 Å². The molecule has 3 N–H and O–H groups in total. The van der Waals surface area contributed by atoms with E-state index in [-0.39, 0.29) is 24.1 Å². The third-order valence-corrected chi connectivity index (χ3v) is 3.84. The highest BCUT2D eigenvalue weighted by Crippen LogP contribution is 2.20. The quantitative estimate of drug-likeness (QED) is 0.826. The molecule has 1 atom stereocenters. The molecule has 0 saturated carbocycles. The van der Waals surface area contributed by atoms with Crippen LogP contribution in [0.25, 0.3) is 0 Å². The maximum atomic E-state index is 12.2. The zero-order valence-corrected chi connectivity index (χ0v) is 13.1. The molecule has 1 aliphatic heterocycles. The van der Waals surface area contributed by atoms with E-state index >= 15 is 0 Å². The number of halogens is 3. The number of hydrogen-bond acceptors (Lipinski definition) is 4. The van der Waals surface area contributed by atoms with E-state index in [1.165, 1.54) is 12.1 Å². The molecule has 2 rings (SSSR count). The van der Waals surface area contributed by atoms with Crippen molar-refractivity contribution in [1.29, 1.82) is 0 Å². The molecule has 1 unspecified atom stereocenters. The third kappa shape index (κ3) is 6.01. The summed E-state index contributed by atoms with van der Waals surface area (Å²) in [5.41, 5.74) is 6.61. The number of nitrogens with one attached hydrogen (secondary N) is 1. The van der Waals surface area contributed by atoms with Gasteiger partial charge in [-0.3, -0.25) is 4.79 Å². The van der Waals surface area contributed by atoms with E-state index in [0.717, 1.165) is 12.8 Å². The lowest BCUT2D eigenvalue weighted by atomic mass is 9.92. The van der Waals surface area contributed by atoms with Crippen molar-refractivity contribution in [2.75, 3.05) is 19.8 Å². The first-order valence-corrected chi connectivity index (χ1v) is 7.75. The molecule has 24 heavy (non-hydrogen) atoms. The number of ether oxygens (including phenoxy) is 2. The monoisotopic (exact) mass is 346 g/mol. The Morgan fingerprint density at radius 3 is 2.75 bits per heavy atom. The molecule has 0 radical (unpaired) electrons. The van der Waals surface area contributed by atoms with Gasteiger partial charge in [0.25, 0.3) is 0 Å². The number of nitrogens with two attached hydrogens (primary N) is 1. The van der Waals surface area contributed by atoms with Gasteiger partial charge < -0.3 is 20.5 Å². The molecule has 1 heterocycles. The Labute approximate surface area is 138 Å². The Morgan fingerprint density at radius 2 is 2.08 bits per heavy atom. The maximum Gasteiger partial charge on any atom is 0.422 e. The molecule has 1 fully saturated rings. The van der Waals surface area contributed by atoms with Crippen LogP contribution in [0.15, 0.2) is 24.3 Å². The minimum absolute atomic E-state index is 0.0835. The number of carbonyl (C=O) groups is 1. The molecule has 8 heteroatoms. The zero-order chi connectivity index (χ0) is 17.6. The highest BCUT2D eigenvalue weighted by Gasteiger charge is 2.28. The van der Waals surface area contributed by atoms with E-state index < -0.39 is 18.8 Å². The molecular formula is C16H21F3N2O3. The van der Waals surface area contributed by atoms with Crippen LogP contribution in [0.3, 0.4) is 0 Å². The fourth-order valence-corrected chi connectivity index (χ4v) is 2.51. The van der Waals surface area contributed by atoms with Crippen molar-refractivity contribution in [3.05, 3.63) is 29.8 Å². The SMILES string of the molecule is NC(C(=O)NCc1cccc(OCC(F)(F)F)c1)C1CCOCC1. The minimum atomic E-state index is -4.39. The van der Waals surface area contributed by atoms with E-state index in [0.29, 0.717) is 18.8 Å². The molecule has 0 aliphatic carbocycles. The molecule has 134 valence electrons. The summed E-state index contributed by atoms with van der Waals surface area (Å²) < 4.78 is 46.4.